The topological polar surface area (TPSA) is 119 Å². The molecule has 1 saturated heterocycles. The van der Waals surface area contributed by atoms with Gasteiger partial charge >= 0.3 is 5.97 Å². The molecule has 0 aromatic heterocycles. The van der Waals surface area contributed by atoms with Crippen LogP contribution in [0.25, 0.3) is 6.08 Å². The molecule has 1 heterocycles. The van der Waals surface area contributed by atoms with E-state index in [9.17, 15) is 19.5 Å². The highest BCUT2D eigenvalue weighted by Gasteiger charge is 2.40. The minimum Gasteiger partial charge on any atom is -0.490 e. The minimum atomic E-state index is -1.25. The molecule has 1 aromatic carbocycles. The van der Waals surface area contributed by atoms with Crippen LogP contribution in [-0.2, 0) is 14.4 Å². The first-order valence-electron chi connectivity index (χ1n) is 12.0. The maximum Gasteiger partial charge on any atom is 0.326 e. The summed E-state index contributed by atoms with van der Waals surface area (Å²) >= 11 is 6.29. The van der Waals surface area contributed by atoms with Gasteiger partial charge in [0.15, 0.2) is 11.5 Å². The van der Waals surface area contributed by atoms with Gasteiger partial charge in [0.05, 0.1) is 18.1 Å². The zero-order chi connectivity index (χ0) is 25.8. The van der Waals surface area contributed by atoms with Gasteiger partial charge in [-0.1, -0.05) is 69.1 Å². The predicted molar refractivity (Wildman–Crippen MR) is 141 cm³/mol. The van der Waals surface area contributed by atoms with E-state index in [4.69, 9.17) is 27.4 Å². The summed E-state index contributed by atoms with van der Waals surface area (Å²) in [5, 5.41) is 9.56. The van der Waals surface area contributed by atoms with E-state index in [1.165, 1.54) is 25.7 Å². The molecule has 1 aliphatic heterocycles. The highest BCUT2D eigenvalue weighted by Crippen LogP contribution is 2.36. The first kappa shape index (κ1) is 28.6. The Morgan fingerprint density at radius 3 is 2.51 bits per heavy atom. The Hall–Kier alpha value is -2.59. The number of aliphatic carboxylic acids is 1. The molecule has 0 unspecified atom stereocenters. The van der Waals surface area contributed by atoms with Crippen LogP contribution in [0.5, 0.6) is 11.5 Å². The third-order valence-electron chi connectivity index (χ3n) is 5.41. The number of rotatable bonds is 16. The maximum absolute atomic E-state index is 13.0. The molecule has 192 valence electrons. The molecule has 1 aromatic rings. The molecule has 35 heavy (non-hydrogen) atoms. The van der Waals surface area contributed by atoms with Crippen LogP contribution in [0.1, 0.15) is 70.8 Å². The first-order chi connectivity index (χ1) is 16.8. The fraction of sp³-hybridized carbons (Fsp3) is 0.520. The summed E-state index contributed by atoms with van der Waals surface area (Å²) in [6.45, 7) is 5.14. The van der Waals surface area contributed by atoms with E-state index in [0.717, 1.165) is 29.5 Å². The molecule has 1 fully saturated rings. The third-order valence-corrected chi connectivity index (χ3v) is 6.74. The average molecular weight is 523 g/mol. The van der Waals surface area contributed by atoms with Crippen LogP contribution in [0.4, 0.5) is 0 Å². The second kappa shape index (κ2) is 14.7. The zero-order valence-corrected chi connectivity index (χ0v) is 21.9. The van der Waals surface area contributed by atoms with Crippen LogP contribution in [0.15, 0.2) is 23.1 Å². The summed E-state index contributed by atoms with van der Waals surface area (Å²) in [5.74, 6) is -1.18. The van der Waals surface area contributed by atoms with E-state index < -0.39 is 23.8 Å². The molecule has 10 heteroatoms. The summed E-state index contributed by atoms with van der Waals surface area (Å²) in [7, 11) is 0. The normalized spacial score (nSPS) is 15.5. The molecule has 2 rings (SSSR count). The smallest absolute Gasteiger partial charge is 0.326 e. The second-order valence-electron chi connectivity index (χ2n) is 8.17. The van der Waals surface area contributed by atoms with Gasteiger partial charge in [0.2, 0.25) is 5.91 Å². The molecular weight excluding hydrogens is 488 g/mol. The Kier molecular flexibility index (Phi) is 12.1. The average Bonchev–Trinajstić information content (AvgIpc) is 3.07. The van der Waals surface area contributed by atoms with E-state index in [1.807, 2.05) is 19.1 Å². The Morgan fingerprint density at radius 2 is 1.86 bits per heavy atom. The lowest BCUT2D eigenvalue weighted by atomic mass is 10.1. The highest BCUT2D eigenvalue weighted by atomic mass is 32.2. The highest BCUT2D eigenvalue weighted by molar-refractivity contribution is 8.26. The van der Waals surface area contributed by atoms with Crippen LogP contribution in [0, 0.1) is 0 Å². The molecule has 0 radical (unpaired) electrons. The number of unbranched alkanes of at least 4 members (excludes halogenated alkanes) is 5. The fourth-order valence-electron chi connectivity index (χ4n) is 3.61. The molecule has 2 amide bonds. The number of ether oxygens (including phenoxy) is 2. The van der Waals surface area contributed by atoms with Crippen LogP contribution in [-0.4, -0.2) is 51.4 Å². The van der Waals surface area contributed by atoms with Crippen LogP contribution in [0.3, 0.4) is 0 Å². The number of carboxylic acid groups (broad SMARTS) is 1. The number of carbonyl (C=O) groups is 3. The first-order valence-corrected chi connectivity index (χ1v) is 13.2. The number of thiocarbonyl (C=S) groups is 1. The Balaban J connectivity index is 2.10. The van der Waals surface area contributed by atoms with E-state index >= 15 is 0 Å². The number of benzene rings is 1. The van der Waals surface area contributed by atoms with Crippen molar-refractivity contribution in [1.82, 2.24) is 4.90 Å². The number of amides is 2. The Morgan fingerprint density at radius 1 is 1.14 bits per heavy atom. The zero-order valence-electron chi connectivity index (χ0n) is 20.3. The lowest BCUT2D eigenvalue weighted by Gasteiger charge is -2.22. The summed E-state index contributed by atoms with van der Waals surface area (Å²) in [5.41, 5.74) is 5.84. The molecule has 1 aliphatic rings. The number of primary amides is 1. The van der Waals surface area contributed by atoms with E-state index in [-0.39, 0.29) is 17.2 Å². The van der Waals surface area contributed by atoms with Crippen molar-refractivity contribution < 1.29 is 29.0 Å². The van der Waals surface area contributed by atoms with Crippen molar-refractivity contribution in [3.63, 3.8) is 0 Å². The lowest BCUT2D eigenvalue weighted by molar-refractivity contribution is -0.145. The summed E-state index contributed by atoms with van der Waals surface area (Å²) in [6, 6.07) is 4.15. The molecular formula is C25H34N2O6S2. The molecule has 0 saturated carbocycles. The number of nitrogens with zero attached hydrogens (tertiary/aromatic N) is 1. The molecule has 3 N–H and O–H groups in total. The number of carbonyl (C=O) groups excluding carboxylic acids is 2. The summed E-state index contributed by atoms with van der Waals surface area (Å²) in [4.78, 5) is 37.1. The SMILES string of the molecule is CCCCCCCCOc1ccc(/C=C2/SC(=S)N([C@H](CCC(N)=O)C(=O)O)C2=O)cc1OCC. The van der Waals surface area contributed by atoms with Crippen LogP contribution >= 0.6 is 24.0 Å². The van der Waals surface area contributed by atoms with Crippen molar-refractivity contribution in [3.8, 4) is 11.5 Å². The predicted octanol–water partition coefficient (Wildman–Crippen LogP) is 4.74. The number of nitrogens with two attached hydrogens (primary N) is 1. The number of hydrogen-bond acceptors (Lipinski definition) is 7. The number of hydrogen-bond donors (Lipinski definition) is 2. The number of thioether (sulfide) groups is 1. The Bertz CT molecular complexity index is 950. The van der Waals surface area contributed by atoms with Gasteiger partial charge in [0.25, 0.3) is 5.91 Å². The van der Waals surface area contributed by atoms with Gasteiger partial charge < -0.3 is 20.3 Å². The molecule has 8 nitrogen and oxygen atoms in total. The largest absolute Gasteiger partial charge is 0.490 e. The van der Waals surface area contributed by atoms with Gasteiger partial charge in [-0.3, -0.25) is 14.5 Å². The third kappa shape index (κ3) is 8.85. The lowest BCUT2D eigenvalue weighted by Crippen LogP contribution is -2.44. The van der Waals surface area contributed by atoms with Crippen LogP contribution in [0.2, 0.25) is 0 Å². The van der Waals surface area contributed by atoms with E-state index in [1.54, 1.807) is 12.1 Å². The molecule has 0 bridgehead atoms. The van der Waals surface area contributed by atoms with Gasteiger partial charge in [-0.15, -0.1) is 0 Å². The second-order valence-corrected chi connectivity index (χ2v) is 9.84. The monoisotopic (exact) mass is 522 g/mol. The van der Waals surface area contributed by atoms with Crippen molar-refractivity contribution in [1.29, 1.82) is 0 Å². The summed E-state index contributed by atoms with van der Waals surface area (Å²) in [6.07, 6.45) is 8.42. The quantitative estimate of drug-likeness (QED) is 0.181. The van der Waals surface area contributed by atoms with Crippen molar-refractivity contribution in [2.75, 3.05) is 13.2 Å². The van der Waals surface area contributed by atoms with Crippen LogP contribution < -0.4 is 15.2 Å². The van der Waals surface area contributed by atoms with Gasteiger partial charge in [-0.05, 0) is 43.5 Å². The van der Waals surface area contributed by atoms with Crippen molar-refractivity contribution >= 4 is 52.2 Å². The molecule has 0 aliphatic carbocycles. The van der Waals surface area contributed by atoms with Gasteiger partial charge in [-0.2, -0.15) is 0 Å². The van der Waals surface area contributed by atoms with Crippen molar-refractivity contribution in [2.45, 2.75) is 71.3 Å². The standard InChI is InChI=1S/C25H34N2O6S2/c1-3-5-6-7-8-9-14-33-19-12-10-17(15-20(19)32-4-2)16-21-23(29)27(25(34)35-21)18(24(30)31)11-13-22(26)28/h10,12,15-16,18H,3-9,11,13-14H2,1-2H3,(H2,26,28)(H,30,31)/b21-16+/t18-/m1/s1. The number of carboxylic acids is 1. The fourth-order valence-corrected chi connectivity index (χ4v) is 4.97. The van der Waals surface area contributed by atoms with Gasteiger partial charge in [0, 0.05) is 6.42 Å². The van der Waals surface area contributed by atoms with E-state index in [2.05, 4.69) is 6.92 Å². The summed E-state index contributed by atoms with van der Waals surface area (Å²) < 4.78 is 11.8. The maximum atomic E-state index is 13.0. The molecule has 0 spiro atoms. The Labute approximate surface area is 216 Å². The minimum absolute atomic E-state index is 0.108. The van der Waals surface area contributed by atoms with Gasteiger partial charge in [-0.25, -0.2) is 4.79 Å². The van der Waals surface area contributed by atoms with Crippen molar-refractivity contribution in [3.05, 3.63) is 28.7 Å². The van der Waals surface area contributed by atoms with Gasteiger partial charge in [0.1, 0.15) is 10.4 Å². The van der Waals surface area contributed by atoms with E-state index in [0.29, 0.717) is 35.2 Å². The molecule has 1 atom stereocenters. The van der Waals surface area contributed by atoms with Crippen molar-refractivity contribution in [2.24, 2.45) is 5.73 Å².